The minimum atomic E-state index is -1.31. The summed E-state index contributed by atoms with van der Waals surface area (Å²) in [6, 6.07) is -1.03. The Hall–Kier alpha value is -4.04. The highest BCUT2D eigenvalue weighted by molar-refractivity contribution is 8.01. The lowest BCUT2D eigenvalue weighted by atomic mass is 10.0. The Labute approximate surface area is 243 Å². The topological polar surface area (TPSA) is 241 Å². The number of thioether (sulfide) groups is 2. The molecule has 0 spiro atoms. The number of carbonyl (C=O) groups is 4. The number of fused-ring (bicyclic) bond motifs is 1. The van der Waals surface area contributed by atoms with Crippen molar-refractivity contribution in [3.63, 3.8) is 0 Å². The highest BCUT2D eigenvalue weighted by atomic mass is 32.2. The Bertz CT molecular complexity index is 1470. The molecule has 5 N–H and O–H groups in total. The summed E-state index contributed by atoms with van der Waals surface area (Å²) in [7, 11) is 0. The highest BCUT2D eigenvalue weighted by Crippen LogP contribution is 2.41. The summed E-state index contributed by atoms with van der Waals surface area (Å²) in [4.78, 5) is 60.2. The number of anilines is 1. The van der Waals surface area contributed by atoms with Crippen molar-refractivity contribution in [3.05, 3.63) is 29.2 Å². The molecule has 1 aliphatic carbocycles. The first-order valence-corrected chi connectivity index (χ1v) is 14.9. The summed E-state index contributed by atoms with van der Waals surface area (Å²) in [5.74, 6) is -3.56. The van der Waals surface area contributed by atoms with E-state index in [1.807, 2.05) is 12.2 Å². The van der Waals surface area contributed by atoms with E-state index in [0.29, 0.717) is 5.57 Å². The van der Waals surface area contributed by atoms with Crippen molar-refractivity contribution >= 4 is 69.7 Å². The number of β-lactam (4-membered cyclic amide) rings is 1. The first-order chi connectivity index (χ1) is 19.7. The molecular weight excluding hydrogens is 600 g/mol. The molecule has 1 saturated heterocycles. The second kappa shape index (κ2) is 12.2. The van der Waals surface area contributed by atoms with Crippen LogP contribution in [0.5, 0.6) is 0 Å². The van der Waals surface area contributed by atoms with Gasteiger partial charge in [0.05, 0.1) is 0 Å². The third-order valence-corrected chi connectivity index (χ3v) is 8.98. The van der Waals surface area contributed by atoms with Gasteiger partial charge in [0.25, 0.3) is 11.8 Å². The molecule has 2 aromatic rings. The molecule has 41 heavy (non-hydrogen) atoms. The van der Waals surface area contributed by atoms with Crippen LogP contribution in [-0.4, -0.2) is 103 Å². The first-order valence-electron chi connectivity index (χ1n) is 12.0. The number of carboxylic acids is 2. The zero-order valence-corrected chi connectivity index (χ0v) is 23.4. The third-order valence-electron chi connectivity index (χ3n) is 6.05. The number of rotatable bonds is 11. The lowest BCUT2D eigenvalue weighted by molar-refractivity contribution is -0.150. The summed E-state index contributed by atoms with van der Waals surface area (Å²) in [5, 5.41) is 36.0. The number of hydrogen-bond donors (Lipinski definition) is 4. The minimum absolute atomic E-state index is 0.0552. The van der Waals surface area contributed by atoms with Crippen LogP contribution in [0, 0.1) is 0 Å². The van der Waals surface area contributed by atoms with E-state index in [2.05, 4.69) is 35.4 Å². The number of oxime groups is 1. The number of aliphatic carboxylic acids is 2. The number of carboxylic acid groups (broad SMARTS) is 2. The van der Waals surface area contributed by atoms with Crippen LogP contribution in [0.25, 0.3) is 0 Å². The number of hydrogen-bond acceptors (Lipinski definition) is 15. The Kier molecular flexibility index (Phi) is 8.49. The Balaban J connectivity index is 1.29. The average molecular weight is 623 g/mol. The van der Waals surface area contributed by atoms with Crippen LogP contribution in [0.15, 0.2) is 33.7 Å². The Morgan fingerprint density at radius 1 is 1.32 bits per heavy atom. The second-order valence-corrected chi connectivity index (χ2v) is 11.6. The number of nitrogens with two attached hydrogens (primary N) is 1. The van der Waals surface area contributed by atoms with Crippen molar-refractivity contribution < 1.29 is 34.2 Å². The number of nitrogen functional groups attached to an aromatic ring is 1. The monoisotopic (exact) mass is 622 g/mol. The van der Waals surface area contributed by atoms with E-state index in [9.17, 15) is 24.3 Å². The van der Waals surface area contributed by atoms with Gasteiger partial charge in [-0.1, -0.05) is 23.0 Å². The lowest BCUT2D eigenvalue weighted by Crippen LogP contribution is -2.71. The number of aromatic nitrogens is 6. The van der Waals surface area contributed by atoms with Crippen molar-refractivity contribution in [2.75, 3.05) is 17.2 Å². The number of amides is 2. The number of nitrogens with one attached hydrogen (secondary N) is 1. The second-order valence-electron chi connectivity index (χ2n) is 8.82. The zero-order chi connectivity index (χ0) is 29.1. The van der Waals surface area contributed by atoms with Gasteiger partial charge in [0.2, 0.25) is 16.7 Å². The summed E-state index contributed by atoms with van der Waals surface area (Å²) in [6.45, 7) is -0.459. The van der Waals surface area contributed by atoms with Gasteiger partial charge >= 0.3 is 11.9 Å². The molecule has 3 atom stereocenters. The van der Waals surface area contributed by atoms with Crippen LogP contribution >= 0.6 is 35.1 Å². The molecule has 2 aliphatic heterocycles. The molecule has 3 aliphatic rings. The Morgan fingerprint density at radius 3 is 2.83 bits per heavy atom. The molecule has 5 rings (SSSR count). The maximum Gasteiger partial charge on any atom is 0.352 e. The van der Waals surface area contributed by atoms with Gasteiger partial charge in [0, 0.05) is 23.0 Å². The SMILES string of the molecule is Nc1nc(C(=NOC2C=CCCC2)C(=O)NC2C(=O)N3C(C(=O)O)=C(CSc4nnnn4CC(=O)O)CS[C@@H]23)ns1. The fraction of sp³-hybridized carbons (Fsp3) is 0.429. The van der Waals surface area contributed by atoms with Crippen LogP contribution in [0.2, 0.25) is 0 Å². The summed E-state index contributed by atoms with van der Waals surface area (Å²) in [5.41, 5.74) is 5.65. The minimum Gasteiger partial charge on any atom is -0.480 e. The van der Waals surface area contributed by atoms with E-state index in [0.717, 1.165) is 52.1 Å². The average Bonchev–Trinajstić information content (AvgIpc) is 3.58. The maximum absolute atomic E-state index is 13.2. The number of allylic oxidation sites excluding steroid dienone is 1. The van der Waals surface area contributed by atoms with E-state index in [-0.39, 0.29) is 45.1 Å². The van der Waals surface area contributed by atoms with Crippen molar-refractivity contribution in [2.24, 2.45) is 5.16 Å². The number of carbonyl (C=O) groups excluding carboxylic acids is 2. The molecule has 0 saturated carbocycles. The molecule has 1 fully saturated rings. The lowest BCUT2D eigenvalue weighted by Gasteiger charge is -2.49. The van der Waals surface area contributed by atoms with Gasteiger partial charge in [-0.3, -0.25) is 19.3 Å². The van der Waals surface area contributed by atoms with E-state index < -0.39 is 41.7 Å². The molecule has 4 heterocycles. The maximum atomic E-state index is 13.2. The fourth-order valence-corrected chi connectivity index (χ4v) is 6.98. The number of tetrazole rings is 1. The normalized spacial score (nSPS) is 22.2. The van der Waals surface area contributed by atoms with Crippen molar-refractivity contribution in [1.29, 1.82) is 0 Å². The summed E-state index contributed by atoms with van der Waals surface area (Å²) < 4.78 is 5.12. The Morgan fingerprint density at radius 2 is 2.15 bits per heavy atom. The molecular formula is C21H22N10O7S3. The van der Waals surface area contributed by atoms with E-state index >= 15 is 0 Å². The van der Waals surface area contributed by atoms with Crippen LogP contribution in [0.1, 0.15) is 25.1 Å². The summed E-state index contributed by atoms with van der Waals surface area (Å²) >= 11 is 3.19. The van der Waals surface area contributed by atoms with E-state index in [1.165, 1.54) is 11.8 Å². The predicted molar refractivity (Wildman–Crippen MR) is 145 cm³/mol. The molecule has 2 amide bonds. The molecule has 2 aromatic heterocycles. The van der Waals surface area contributed by atoms with E-state index in [4.69, 9.17) is 15.7 Å². The highest BCUT2D eigenvalue weighted by Gasteiger charge is 2.54. The van der Waals surface area contributed by atoms with Crippen LogP contribution in [0.3, 0.4) is 0 Å². The number of nitrogens with zero attached hydrogens (tertiary/aromatic N) is 8. The standard InChI is InChI=1S/C21H22N10O7S3/c22-20-24-15(27-41-20)12(26-38-10-4-2-1-3-5-10)16(34)23-13-17(35)31-14(19(36)37)9(7-39-18(13)31)8-40-21-25-28-29-30(21)6-11(32)33/h2,4,10,13,18H,1,3,5-8H2,(H,23,34)(H,32,33)(H,36,37)(H2,22,24,27)/t10?,13?,18-/m0/s1. The molecule has 17 nitrogen and oxygen atoms in total. The smallest absolute Gasteiger partial charge is 0.352 e. The largest absolute Gasteiger partial charge is 0.480 e. The van der Waals surface area contributed by atoms with Gasteiger partial charge in [-0.2, -0.15) is 9.36 Å². The van der Waals surface area contributed by atoms with Crippen molar-refractivity contribution in [1.82, 2.24) is 39.8 Å². The van der Waals surface area contributed by atoms with Crippen LogP contribution in [-0.2, 0) is 30.6 Å². The van der Waals surface area contributed by atoms with Crippen LogP contribution < -0.4 is 11.1 Å². The molecule has 0 radical (unpaired) electrons. The molecule has 0 aromatic carbocycles. The van der Waals surface area contributed by atoms with Crippen molar-refractivity contribution in [3.8, 4) is 0 Å². The van der Waals surface area contributed by atoms with Gasteiger partial charge in [-0.15, -0.1) is 16.9 Å². The molecule has 20 heteroatoms. The zero-order valence-electron chi connectivity index (χ0n) is 20.9. The molecule has 2 unspecified atom stereocenters. The first kappa shape index (κ1) is 28.5. The van der Waals surface area contributed by atoms with Gasteiger partial charge in [-0.25, -0.2) is 9.48 Å². The fourth-order valence-electron chi connectivity index (χ4n) is 4.19. The van der Waals surface area contributed by atoms with Gasteiger partial charge < -0.3 is 26.1 Å². The molecule has 0 bridgehead atoms. The summed E-state index contributed by atoms with van der Waals surface area (Å²) in [6.07, 6.45) is 6.03. The van der Waals surface area contributed by atoms with Gasteiger partial charge in [-0.05, 0) is 41.3 Å². The third kappa shape index (κ3) is 6.17. The van der Waals surface area contributed by atoms with Crippen LogP contribution in [0.4, 0.5) is 5.13 Å². The van der Waals surface area contributed by atoms with Gasteiger partial charge in [0.15, 0.2) is 5.13 Å². The predicted octanol–water partition coefficient (Wildman–Crippen LogP) is -0.448. The van der Waals surface area contributed by atoms with E-state index in [1.54, 1.807) is 0 Å². The van der Waals surface area contributed by atoms with Gasteiger partial charge in [0.1, 0.15) is 29.8 Å². The quantitative estimate of drug-likeness (QED) is 0.0815. The molecule has 216 valence electrons. The van der Waals surface area contributed by atoms with Crippen molar-refractivity contribution in [2.45, 2.75) is 48.5 Å².